The predicted molar refractivity (Wildman–Crippen MR) is 77.8 cm³/mol. The lowest BCUT2D eigenvalue weighted by atomic mass is 10.2. The molecule has 5 heteroatoms. The highest BCUT2D eigenvalue weighted by molar-refractivity contribution is 5.72. The van der Waals surface area contributed by atoms with Crippen LogP contribution >= 0.6 is 0 Å². The molecule has 0 radical (unpaired) electrons. The van der Waals surface area contributed by atoms with Crippen molar-refractivity contribution < 1.29 is 13.9 Å². The van der Waals surface area contributed by atoms with Gasteiger partial charge in [0.25, 0.3) is 0 Å². The predicted octanol–water partition coefficient (Wildman–Crippen LogP) is 3.20. The molecule has 0 spiro atoms. The molecule has 0 aliphatic heterocycles. The maximum absolute atomic E-state index is 13.3. The van der Waals surface area contributed by atoms with Crippen molar-refractivity contribution in [3.05, 3.63) is 47.5 Å². The highest BCUT2D eigenvalue weighted by Crippen LogP contribution is 2.15. The lowest BCUT2D eigenvalue weighted by Crippen LogP contribution is -2.24. The van der Waals surface area contributed by atoms with E-state index in [0.29, 0.717) is 5.56 Å². The minimum atomic E-state index is -0.499. The highest BCUT2D eigenvalue weighted by atomic mass is 19.1. The fourth-order valence-corrected chi connectivity index (χ4v) is 1.91. The van der Waals surface area contributed by atoms with Crippen LogP contribution in [0.5, 0.6) is 0 Å². The van der Waals surface area contributed by atoms with Crippen molar-refractivity contribution in [2.75, 3.05) is 0 Å². The Balaban J connectivity index is 2.11. The highest BCUT2D eigenvalue weighted by Gasteiger charge is 2.17. The minimum absolute atomic E-state index is 0.164. The summed E-state index contributed by atoms with van der Waals surface area (Å²) in [4.78, 5) is 11.8. The van der Waals surface area contributed by atoms with E-state index in [0.717, 1.165) is 11.3 Å². The van der Waals surface area contributed by atoms with Crippen LogP contribution in [0.15, 0.2) is 30.6 Å². The molecule has 1 aromatic carbocycles. The summed E-state index contributed by atoms with van der Waals surface area (Å²) in [6.07, 6.45) is 3.52. The lowest BCUT2D eigenvalue weighted by Gasteiger charge is -2.19. The third-order valence-corrected chi connectivity index (χ3v) is 2.81. The van der Waals surface area contributed by atoms with E-state index < -0.39 is 5.60 Å². The molecule has 0 bridgehead atoms. The van der Waals surface area contributed by atoms with Crippen molar-refractivity contribution in [2.45, 2.75) is 39.7 Å². The number of hydrogen-bond acceptors (Lipinski definition) is 3. The molecule has 0 saturated heterocycles. The van der Waals surface area contributed by atoms with Gasteiger partial charge in [-0.3, -0.25) is 4.79 Å². The number of carbonyl (C=O) groups is 1. The molecular weight excluding hydrogens is 271 g/mol. The molecule has 1 aromatic heterocycles. The smallest absolute Gasteiger partial charge is 0.310 e. The standard InChI is InChI=1S/C16H19FN2O2/c1-11-7-13(5-6-14(11)17)19-10-12(9-18-19)8-15(20)21-16(2,3)4/h5-7,9-10H,8H2,1-4H3. The molecular formula is C16H19FN2O2. The normalized spacial score (nSPS) is 11.5. The first-order valence-electron chi connectivity index (χ1n) is 6.76. The number of rotatable bonds is 3. The number of aromatic nitrogens is 2. The fraction of sp³-hybridized carbons (Fsp3) is 0.375. The largest absolute Gasteiger partial charge is 0.460 e. The van der Waals surface area contributed by atoms with Gasteiger partial charge in [-0.25, -0.2) is 9.07 Å². The van der Waals surface area contributed by atoms with Crippen LogP contribution in [0.4, 0.5) is 4.39 Å². The summed E-state index contributed by atoms with van der Waals surface area (Å²) < 4.78 is 20.1. The summed E-state index contributed by atoms with van der Waals surface area (Å²) in [7, 11) is 0. The van der Waals surface area contributed by atoms with Crippen LogP contribution in [0.1, 0.15) is 31.9 Å². The van der Waals surface area contributed by atoms with Crippen molar-refractivity contribution >= 4 is 5.97 Å². The monoisotopic (exact) mass is 290 g/mol. The fourth-order valence-electron chi connectivity index (χ4n) is 1.91. The van der Waals surface area contributed by atoms with Gasteiger partial charge in [-0.2, -0.15) is 5.10 Å². The summed E-state index contributed by atoms with van der Waals surface area (Å²) in [5.74, 6) is -0.544. The van der Waals surface area contributed by atoms with Gasteiger partial charge in [0.05, 0.1) is 18.3 Å². The maximum Gasteiger partial charge on any atom is 0.310 e. The topological polar surface area (TPSA) is 44.1 Å². The molecule has 0 fully saturated rings. The quantitative estimate of drug-likeness (QED) is 0.815. The third kappa shape index (κ3) is 4.15. The molecule has 2 rings (SSSR count). The molecule has 4 nitrogen and oxygen atoms in total. The van der Waals surface area contributed by atoms with Gasteiger partial charge in [-0.15, -0.1) is 0 Å². The average molecular weight is 290 g/mol. The van der Waals surface area contributed by atoms with Crippen molar-refractivity contribution in [3.63, 3.8) is 0 Å². The number of halogens is 1. The first kappa shape index (κ1) is 15.2. The van der Waals surface area contributed by atoms with E-state index in [1.54, 1.807) is 36.1 Å². The Morgan fingerprint density at radius 3 is 2.71 bits per heavy atom. The summed E-state index contributed by atoms with van der Waals surface area (Å²) >= 11 is 0. The molecule has 0 aliphatic rings. The number of nitrogens with zero attached hydrogens (tertiary/aromatic N) is 2. The first-order valence-corrected chi connectivity index (χ1v) is 6.76. The molecule has 0 aliphatic carbocycles. The number of esters is 1. The summed E-state index contributed by atoms with van der Waals surface area (Å²) in [5.41, 5.74) is 1.56. The van der Waals surface area contributed by atoms with Gasteiger partial charge in [0, 0.05) is 11.8 Å². The molecule has 0 atom stereocenters. The van der Waals surface area contributed by atoms with E-state index in [2.05, 4.69) is 5.10 Å². The average Bonchev–Trinajstić information content (AvgIpc) is 2.78. The van der Waals surface area contributed by atoms with Crippen molar-refractivity contribution in [3.8, 4) is 5.69 Å². The molecule has 0 N–H and O–H groups in total. The van der Waals surface area contributed by atoms with E-state index in [1.807, 2.05) is 20.8 Å². The molecule has 0 amide bonds. The van der Waals surface area contributed by atoms with Crippen LogP contribution in [-0.4, -0.2) is 21.4 Å². The second-order valence-corrected chi connectivity index (χ2v) is 5.99. The Morgan fingerprint density at radius 2 is 2.10 bits per heavy atom. The van der Waals surface area contributed by atoms with E-state index in [1.165, 1.54) is 6.07 Å². The Labute approximate surface area is 123 Å². The van der Waals surface area contributed by atoms with Gasteiger partial charge < -0.3 is 4.74 Å². The molecule has 1 heterocycles. The van der Waals surface area contributed by atoms with Gasteiger partial charge in [0.1, 0.15) is 11.4 Å². The van der Waals surface area contributed by atoms with Gasteiger partial charge in [-0.05, 0) is 51.5 Å². The molecule has 21 heavy (non-hydrogen) atoms. The molecule has 2 aromatic rings. The van der Waals surface area contributed by atoms with Gasteiger partial charge in [0.2, 0.25) is 0 Å². The Bertz CT molecular complexity index is 657. The number of hydrogen-bond donors (Lipinski definition) is 0. The minimum Gasteiger partial charge on any atom is -0.460 e. The zero-order valence-corrected chi connectivity index (χ0v) is 12.7. The molecule has 112 valence electrons. The number of ether oxygens (including phenoxy) is 1. The van der Waals surface area contributed by atoms with Crippen LogP contribution in [0.2, 0.25) is 0 Å². The Kier molecular flexibility index (Phi) is 4.11. The van der Waals surface area contributed by atoms with Crippen LogP contribution in [0.25, 0.3) is 5.69 Å². The van der Waals surface area contributed by atoms with Gasteiger partial charge in [-0.1, -0.05) is 0 Å². The second kappa shape index (κ2) is 5.68. The first-order chi connectivity index (χ1) is 9.74. The van der Waals surface area contributed by atoms with E-state index in [9.17, 15) is 9.18 Å². The molecule has 0 unspecified atom stereocenters. The van der Waals surface area contributed by atoms with Crippen molar-refractivity contribution in [2.24, 2.45) is 0 Å². The summed E-state index contributed by atoms with van der Waals surface area (Å²) in [5, 5.41) is 4.19. The van der Waals surface area contributed by atoms with E-state index >= 15 is 0 Å². The SMILES string of the molecule is Cc1cc(-n2cc(CC(=O)OC(C)(C)C)cn2)ccc1F. The van der Waals surface area contributed by atoms with Gasteiger partial charge in [0.15, 0.2) is 0 Å². The summed E-state index contributed by atoms with van der Waals surface area (Å²) in [6, 6.07) is 4.76. The molecule has 0 saturated carbocycles. The van der Waals surface area contributed by atoms with Crippen LogP contribution in [0.3, 0.4) is 0 Å². The number of benzene rings is 1. The van der Waals surface area contributed by atoms with E-state index in [-0.39, 0.29) is 18.2 Å². The lowest BCUT2D eigenvalue weighted by molar-refractivity contribution is -0.153. The second-order valence-electron chi connectivity index (χ2n) is 5.99. The van der Waals surface area contributed by atoms with Crippen LogP contribution < -0.4 is 0 Å². The van der Waals surface area contributed by atoms with Crippen molar-refractivity contribution in [1.29, 1.82) is 0 Å². The third-order valence-electron chi connectivity index (χ3n) is 2.81. The maximum atomic E-state index is 13.3. The zero-order valence-electron chi connectivity index (χ0n) is 12.7. The summed E-state index contributed by atoms with van der Waals surface area (Å²) in [6.45, 7) is 7.19. The van der Waals surface area contributed by atoms with E-state index in [4.69, 9.17) is 4.74 Å². The van der Waals surface area contributed by atoms with Crippen LogP contribution in [0, 0.1) is 12.7 Å². The zero-order chi connectivity index (χ0) is 15.6. The Hall–Kier alpha value is -2.17. The Morgan fingerprint density at radius 1 is 1.38 bits per heavy atom. The van der Waals surface area contributed by atoms with Crippen LogP contribution in [-0.2, 0) is 16.0 Å². The number of carbonyl (C=O) groups excluding carboxylic acids is 1. The van der Waals surface area contributed by atoms with Gasteiger partial charge >= 0.3 is 5.97 Å². The number of aryl methyl sites for hydroxylation is 1. The van der Waals surface area contributed by atoms with Crippen molar-refractivity contribution in [1.82, 2.24) is 9.78 Å².